The summed E-state index contributed by atoms with van der Waals surface area (Å²) in [7, 11) is 0. The summed E-state index contributed by atoms with van der Waals surface area (Å²) in [6, 6.07) is 54.1. The lowest BCUT2D eigenvalue weighted by Crippen LogP contribution is -2.00. The average Bonchev–Trinajstić information content (AvgIpc) is 3.77. The number of benzene rings is 7. The van der Waals surface area contributed by atoms with E-state index in [1.54, 1.807) is 11.3 Å². The maximum absolute atomic E-state index is 6.21. The first kappa shape index (κ1) is 28.5. The first-order valence-electron chi connectivity index (χ1n) is 16.5. The lowest BCUT2D eigenvalue weighted by atomic mass is 9.95. The van der Waals surface area contributed by atoms with Crippen LogP contribution in [0.25, 0.3) is 98.8 Å². The Morgan fingerprint density at radius 2 is 0.960 bits per heavy atom. The maximum atomic E-state index is 6.21. The van der Waals surface area contributed by atoms with E-state index in [2.05, 4.69) is 66.7 Å². The van der Waals surface area contributed by atoms with E-state index in [0.717, 1.165) is 55.3 Å². The van der Waals surface area contributed by atoms with Gasteiger partial charge in [-0.3, -0.25) is 0 Å². The van der Waals surface area contributed by atoms with Crippen molar-refractivity contribution in [3.05, 3.63) is 158 Å². The van der Waals surface area contributed by atoms with E-state index in [-0.39, 0.29) is 0 Å². The SMILES string of the molecule is c1ccc(-c2nc(-c3ccccc3)nc(-c3cccc4c(-c5ccc6c(c5)sc5cc7nc(-c8ccccc8)oc7cc56)cccc34)n2)cc1. The number of oxazole rings is 1. The van der Waals surface area contributed by atoms with Crippen LogP contribution in [0.15, 0.2) is 162 Å². The van der Waals surface area contributed by atoms with Crippen molar-refractivity contribution in [2.45, 2.75) is 0 Å². The first-order valence-corrected chi connectivity index (χ1v) is 17.3. The molecular formula is C44H26N4OS. The van der Waals surface area contributed by atoms with E-state index in [1.807, 2.05) is 91.0 Å². The molecule has 3 aromatic heterocycles. The quantitative estimate of drug-likeness (QED) is 0.184. The van der Waals surface area contributed by atoms with Gasteiger partial charge in [0.05, 0.1) is 0 Å². The largest absolute Gasteiger partial charge is 0.436 e. The monoisotopic (exact) mass is 658 g/mol. The Bertz CT molecular complexity index is 2810. The molecule has 0 aliphatic heterocycles. The second-order valence-corrected chi connectivity index (χ2v) is 13.3. The smallest absolute Gasteiger partial charge is 0.227 e. The molecule has 234 valence electrons. The molecule has 10 rings (SSSR count). The summed E-state index contributed by atoms with van der Waals surface area (Å²) in [6.45, 7) is 0. The van der Waals surface area contributed by atoms with Crippen LogP contribution in [0.1, 0.15) is 0 Å². The molecule has 0 N–H and O–H groups in total. The number of aromatic nitrogens is 4. The zero-order chi connectivity index (χ0) is 33.0. The van der Waals surface area contributed by atoms with Crippen LogP contribution >= 0.6 is 11.3 Å². The normalized spacial score (nSPS) is 11.6. The van der Waals surface area contributed by atoms with Crippen LogP contribution < -0.4 is 0 Å². The van der Waals surface area contributed by atoms with Crippen molar-refractivity contribution < 1.29 is 4.42 Å². The summed E-state index contributed by atoms with van der Waals surface area (Å²) in [5, 5.41) is 4.62. The molecule has 0 saturated carbocycles. The molecule has 0 aliphatic carbocycles. The van der Waals surface area contributed by atoms with E-state index in [4.69, 9.17) is 24.4 Å². The minimum atomic E-state index is 0.643. The molecular weight excluding hydrogens is 633 g/mol. The molecule has 0 bridgehead atoms. The Morgan fingerprint density at radius 1 is 0.380 bits per heavy atom. The van der Waals surface area contributed by atoms with Crippen molar-refractivity contribution in [2.75, 3.05) is 0 Å². The highest BCUT2D eigenvalue weighted by molar-refractivity contribution is 7.25. The molecule has 50 heavy (non-hydrogen) atoms. The summed E-state index contributed by atoms with van der Waals surface area (Å²) < 4.78 is 8.63. The van der Waals surface area contributed by atoms with Crippen LogP contribution in [-0.4, -0.2) is 19.9 Å². The molecule has 0 spiro atoms. The summed E-state index contributed by atoms with van der Waals surface area (Å²) >= 11 is 1.79. The van der Waals surface area contributed by atoms with Crippen molar-refractivity contribution in [1.82, 2.24) is 19.9 Å². The van der Waals surface area contributed by atoms with E-state index in [9.17, 15) is 0 Å². The van der Waals surface area contributed by atoms with Crippen molar-refractivity contribution in [3.8, 4) is 56.7 Å². The van der Waals surface area contributed by atoms with Gasteiger partial charge in [-0.05, 0) is 52.2 Å². The Morgan fingerprint density at radius 3 is 1.64 bits per heavy atom. The minimum Gasteiger partial charge on any atom is -0.436 e. The highest BCUT2D eigenvalue weighted by Gasteiger charge is 2.17. The fourth-order valence-corrected chi connectivity index (χ4v) is 7.92. The van der Waals surface area contributed by atoms with Crippen molar-refractivity contribution in [1.29, 1.82) is 0 Å². The third-order valence-corrected chi connectivity index (χ3v) is 10.3. The highest BCUT2D eigenvalue weighted by Crippen LogP contribution is 2.41. The van der Waals surface area contributed by atoms with Gasteiger partial charge in [0.2, 0.25) is 5.89 Å². The van der Waals surface area contributed by atoms with Gasteiger partial charge in [0.15, 0.2) is 23.1 Å². The standard InChI is InChI=1S/C44H26N4OS/c1-4-12-27(13-5-1)41-46-42(28-14-6-2-7-15-28)48-43(47-41)35-21-11-19-32-31(18-10-20-33(32)35)30-22-23-34-36-25-38-37(26-40(36)50-39(34)24-30)45-44(49-38)29-16-8-3-9-17-29/h1-26H. The third kappa shape index (κ3) is 4.85. The van der Waals surface area contributed by atoms with E-state index in [1.165, 1.54) is 20.2 Å². The lowest BCUT2D eigenvalue weighted by Gasteiger charge is -2.12. The van der Waals surface area contributed by atoms with Crippen LogP contribution in [0, 0.1) is 0 Å². The van der Waals surface area contributed by atoms with Gasteiger partial charge in [0, 0.05) is 42.4 Å². The Labute approximate surface area is 291 Å². The molecule has 0 atom stereocenters. The summed E-state index contributed by atoms with van der Waals surface area (Å²) in [4.78, 5) is 19.7. The van der Waals surface area contributed by atoms with Gasteiger partial charge in [-0.25, -0.2) is 19.9 Å². The zero-order valence-corrected chi connectivity index (χ0v) is 27.4. The molecule has 6 heteroatoms. The van der Waals surface area contributed by atoms with Gasteiger partial charge in [-0.1, -0.05) is 127 Å². The number of hydrogen-bond acceptors (Lipinski definition) is 6. The van der Waals surface area contributed by atoms with Crippen molar-refractivity contribution in [2.24, 2.45) is 0 Å². The first-order chi connectivity index (χ1) is 24.7. The predicted molar refractivity (Wildman–Crippen MR) is 205 cm³/mol. The average molecular weight is 659 g/mol. The van der Waals surface area contributed by atoms with E-state index in [0.29, 0.717) is 23.4 Å². The zero-order valence-electron chi connectivity index (χ0n) is 26.6. The second-order valence-electron chi connectivity index (χ2n) is 12.3. The van der Waals surface area contributed by atoms with Crippen LogP contribution in [-0.2, 0) is 0 Å². The van der Waals surface area contributed by atoms with Gasteiger partial charge in [-0.15, -0.1) is 11.3 Å². The number of thiophene rings is 1. The predicted octanol–water partition coefficient (Wildman–Crippen LogP) is 11.9. The van der Waals surface area contributed by atoms with Gasteiger partial charge >= 0.3 is 0 Å². The second kappa shape index (κ2) is 11.6. The Hall–Kier alpha value is -6.50. The van der Waals surface area contributed by atoms with Gasteiger partial charge in [0.1, 0.15) is 5.52 Å². The van der Waals surface area contributed by atoms with Gasteiger partial charge in [-0.2, -0.15) is 0 Å². The number of hydrogen-bond donors (Lipinski definition) is 0. The third-order valence-electron chi connectivity index (χ3n) is 9.18. The molecule has 0 amide bonds. The molecule has 10 aromatic rings. The molecule has 0 unspecified atom stereocenters. The van der Waals surface area contributed by atoms with Gasteiger partial charge in [0.25, 0.3) is 0 Å². The number of rotatable bonds is 5. The highest BCUT2D eigenvalue weighted by atomic mass is 32.1. The fourth-order valence-electron chi connectivity index (χ4n) is 6.75. The van der Waals surface area contributed by atoms with Crippen LogP contribution in [0.4, 0.5) is 0 Å². The topological polar surface area (TPSA) is 64.7 Å². The van der Waals surface area contributed by atoms with Crippen LogP contribution in [0.2, 0.25) is 0 Å². The summed E-state index contributed by atoms with van der Waals surface area (Å²) in [5.74, 6) is 2.59. The molecule has 5 nitrogen and oxygen atoms in total. The lowest BCUT2D eigenvalue weighted by molar-refractivity contribution is 0.620. The fraction of sp³-hybridized carbons (Fsp3) is 0. The minimum absolute atomic E-state index is 0.643. The Kier molecular flexibility index (Phi) is 6.60. The molecule has 0 aliphatic rings. The van der Waals surface area contributed by atoms with Crippen LogP contribution in [0.3, 0.4) is 0 Å². The molecule has 0 fully saturated rings. The Balaban J connectivity index is 1.09. The number of nitrogens with zero attached hydrogens (tertiary/aromatic N) is 4. The van der Waals surface area contributed by atoms with E-state index < -0.39 is 0 Å². The number of fused-ring (bicyclic) bond motifs is 5. The van der Waals surface area contributed by atoms with E-state index >= 15 is 0 Å². The molecule has 3 heterocycles. The molecule has 7 aromatic carbocycles. The van der Waals surface area contributed by atoms with Crippen molar-refractivity contribution >= 4 is 53.4 Å². The van der Waals surface area contributed by atoms with Crippen LogP contribution in [0.5, 0.6) is 0 Å². The van der Waals surface area contributed by atoms with Crippen molar-refractivity contribution in [3.63, 3.8) is 0 Å². The molecule has 0 radical (unpaired) electrons. The molecule has 0 saturated heterocycles. The summed E-state index contributed by atoms with van der Waals surface area (Å²) in [5.41, 5.74) is 7.83. The summed E-state index contributed by atoms with van der Waals surface area (Å²) in [6.07, 6.45) is 0. The maximum Gasteiger partial charge on any atom is 0.227 e. The van der Waals surface area contributed by atoms with Gasteiger partial charge < -0.3 is 4.42 Å².